The number of benzene rings is 1. The molecule has 22 heavy (non-hydrogen) atoms. The van der Waals surface area contributed by atoms with E-state index in [0.29, 0.717) is 16.1 Å². The van der Waals surface area contributed by atoms with Crippen LogP contribution >= 0.6 is 11.3 Å². The first-order chi connectivity index (χ1) is 10.6. The smallest absolute Gasteiger partial charge is 0.280 e. The summed E-state index contributed by atoms with van der Waals surface area (Å²) in [5.41, 5.74) is 4.36. The minimum atomic E-state index is -0.440. The molecule has 2 amide bonds. The number of thiazole rings is 1. The Morgan fingerprint density at radius 2 is 1.95 bits per heavy atom. The van der Waals surface area contributed by atoms with Crippen LogP contribution in [-0.4, -0.2) is 21.8 Å². The molecule has 6 nitrogen and oxygen atoms in total. The van der Waals surface area contributed by atoms with Crippen molar-refractivity contribution in [2.45, 2.75) is 6.92 Å². The number of carbonyl (C=O) groups is 2. The van der Waals surface area contributed by atoms with Crippen LogP contribution in [0.2, 0.25) is 0 Å². The Hall–Kier alpha value is -2.98. The van der Waals surface area contributed by atoms with Gasteiger partial charge >= 0.3 is 0 Å². The molecule has 0 saturated heterocycles. The average Bonchev–Trinajstić information content (AvgIpc) is 3.05. The third-order valence-electron chi connectivity index (χ3n) is 3.10. The molecule has 1 aliphatic heterocycles. The minimum absolute atomic E-state index is 0.259. The van der Waals surface area contributed by atoms with E-state index in [1.165, 1.54) is 17.5 Å². The molecule has 0 spiro atoms. The van der Waals surface area contributed by atoms with Crippen LogP contribution in [0.25, 0.3) is 5.57 Å². The normalized spacial score (nSPS) is 14.0. The minimum Gasteiger partial charge on any atom is -0.294 e. The highest BCUT2D eigenvalue weighted by atomic mass is 32.1. The summed E-state index contributed by atoms with van der Waals surface area (Å²) in [5, 5.41) is 12.4. The zero-order valence-electron chi connectivity index (χ0n) is 11.5. The van der Waals surface area contributed by atoms with E-state index in [-0.39, 0.29) is 5.57 Å². The summed E-state index contributed by atoms with van der Waals surface area (Å²) in [6.45, 7) is 1.83. The first kappa shape index (κ1) is 14.0. The van der Waals surface area contributed by atoms with Crippen LogP contribution in [0.1, 0.15) is 31.4 Å². The Morgan fingerprint density at radius 1 is 1.32 bits per heavy atom. The molecule has 0 aliphatic carbocycles. The van der Waals surface area contributed by atoms with Crippen LogP contribution in [0.15, 0.2) is 35.8 Å². The van der Waals surface area contributed by atoms with E-state index in [0.717, 1.165) is 10.7 Å². The molecule has 1 N–H and O–H groups in total. The van der Waals surface area contributed by atoms with Gasteiger partial charge in [-0.3, -0.25) is 15.0 Å². The van der Waals surface area contributed by atoms with Crippen molar-refractivity contribution in [3.05, 3.63) is 57.7 Å². The summed E-state index contributed by atoms with van der Waals surface area (Å²) in [7, 11) is 0. The van der Waals surface area contributed by atoms with Gasteiger partial charge in [0, 0.05) is 17.3 Å². The molecular formula is C15H10N4O2S. The molecule has 3 rings (SSSR count). The second-order valence-electron chi connectivity index (χ2n) is 4.58. The molecule has 0 fully saturated rings. The number of fused-ring (bicyclic) bond motifs is 1. The number of imide groups is 1. The SMILES string of the molecule is Cc1csc(/C(C#N)=C/NN2C(=O)c3ccccc3C2=O)n1. The van der Waals surface area contributed by atoms with Crippen LogP contribution in [0, 0.1) is 18.3 Å². The van der Waals surface area contributed by atoms with Crippen LogP contribution in [0.5, 0.6) is 0 Å². The highest BCUT2D eigenvalue weighted by Crippen LogP contribution is 2.22. The van der Waals surface area contributed by atoms with Gasteiger partial charge in [-0.1, -0.05) is 12.1 Å². The first-order valence-electron chi connectivity index (χ1n) is 6.38. The van der Waals surface area contributed by atoms with Crippen LogP contribution in [-0.2, 0) is 0 Å². The molecule has 1 aromatic heterocycles. The standard InChI is InChI=1S/C15H10N4O2S/c1-9-8-22-13(18-9)10(6-16)7-17-19-14(20)11-4-2-3-5-12(11)15(19)21/h2-5,7-8,17H,1H3/b10-7+. The summed E-state index contributed by atoms with van der Waals surface area (Å²) in [6, 6.07) is 8.58. The molecule has 1 aliphatic rings. The number of carbonyl (C=O) groups excluding carboxylic acids is 2. The molecule has 2 heterocycles. The van der Waals surface area contributed by atoms with Gasteiger partial charge in [0.2, 0.25) is 0 Å². The second kappa shape index (κ2) is 5.42. The second-order valence-corrected chi connectivity index (χ2v) is 5.44. The number of aromatic nitrogens is 1. The van der Waals surface area contributed by atoms with E-state index in [9.17, 15) is 14.9 Å². The summed E-state index contributed by atoms with van der Waals surface area (Å²) < 4.78 is 0. The number of hydrazine groups is 1. The maximum absolute atomic E-state index is 12.2. The summed E-state index contributed by atoms with van der Waals surface area (Å²) in [6.07, 6.45) is 1.32. The highest BCUT2D eigenvalue weighted by Gasteiger charge is 2.35. The average molecular weight is 310 g/mol. The van der Waals surface area contributed by atoms with Gasteiger partial charge in [-0.05, 0) is 19.1 Å². The Bertz CT molecular complexity index is 812. The quantitative estimate of drug-likeness (QED) is 0.693. The van der Waals surface area contributed by atoms with E-state index in [2.05, 4.69) is 10.4 Å². The van der Waals surface area contributed by atoms with Gasteiger partial charge in [0.05, 0.1) is 11.1 Å². The number of nitrogens with one attached hydrogen (secondary N) is 1. The fourth-order valence-corrected chi connectivity index (χ4v) is 2.82. The molecule has 7 heteroatoms. The monoisotopic (exact) mass is 310 g/mol. The predicted molar refractivity (Wildman–Crippen MR) is 80.5 cm³/mol. The van der Waals surface area contributed by atoms with Gasteiger partial charge in [0.15, 0.2) is 0 Å². The zero-order valence-corrected chi connectivity index (χ0v) is 12.3. The van der Waals surface area contributed by atoms with Crippen molar-refractivity contribution in [1.29, 1.82) is 5.26 Å². The van der Waals surface area contributed by atoms with Gasteiger partial charge in [0.25, 0.3) is 11.8 Å². The van der Waals surface area contributed by atoms with Crippen molar-refractivity contribution in [3.8, 4) is 6.07 Å². The lowest BCUT2D eigenvalue weighted by Gasteiger charge is -2.12. The molecule has 0 bridgehead atoms. The van der Waals surface area contributed by atoms with Crippen molar-refractivity contribution in [3.63, 3.8) is 0 Å². The van der Waals surface area contributed by atoms with E-state index >= 15 is 0 Å². The van der Waals surface area contributed by atoms with Crippen molar-refractivity contribution in [2.75, 3.05) is 0 Å². The number of hydrogen-bond acceptors (Lipinski definition) is 6. The number of allylic oxidation sites excluding steroid dienone is 1. The first-order valence-corrected chi connectivity index (χ1v) is 7.26. The number of nitriles is 1. The van der Waals surface area contributed by atoms with Crippen LogP contribution < -0.4 is 5.43 Å². The third-order valence-corrected chi connectivity index (χ3v) is 4.10. The molecule has 0 atom stereocenters. The molecule has 2 aromatic rings. The van der Waals surface area contributed by atoms with E-state index < -0.39 is 11.8 Å². The van der Waals surface area contributed by atoms with E-state index in [1.807, 2.05) is 18.4 Å². The zero-order chi connectivity index (χ0) is 15.7. The van der Waals surface area contributed by atoms with Gasteiger partial charge < -0.3 is 0 Å². The Balaban J connectivity index is 1.86. The summed E-state index contributed by atoms with van der Waals surface area (Å²) in [5.74, 6) is -0.881. The maximum atomic E-state index is 12.2. The number of aryl methyl sites for hydroxylation is 1. The highest BCUT2D eigenvalue weighted by molar-refractivity contribution is 7.10. The molecular weight excluding hydrogens is 300 g/mol. The van der Waals surface area contributed by atoms with Gasteiger partial charge in [0.1, 0.15) is 16.6 Å². The lowest BCUT2D eigenvalue weighted by atomic mass is 10.1. The number of hydrogen-bond donors (Lipinski definition) is 1. The molecule has 0 radical (unpaired) electrons. The maximum Gasteiger partial charge on any atom is 0.280 e. The number of rotatable bonds is 3. The van der Waals surface area contributed by atoms with Crippen molar-refractivity contribution < 1.29 is 9.59 Å². The van der Waals surface area contributed by atoms with Crippen molar-refractivity contribution >= 4 is 28.7 Å². The molecule has 1 aromatic carbocycles. The fraction of sp³-hybridized carbons (Fsp3) is 0.0667. The number of nitrogens with zero attached hydrogens (tertiary/aromatic N) is 3. The molecule has 0 saturated carbocycles. The fourth-order valence-electron chi connectivity index (χ4n) is 2.06. The van der Waals surface area contributed by atoms with E-state index in [1.54, 1.807) is 24.3 Å². The lowest BCUT2D eigenvalue weighted by Crippen LogP contribution is -2.39. The number of amides is 2. The molecule has 108 valence electrons. The van der Waals surface area contributed by atoms with Crippen LogP contribution in [0.3, 0.4) is 0 Å². The van der Waals surface area contributed by atoms with Crippen LogP contribution in [0.4, 0.5) is 0 Å². The van der Waals surface area contributed by atoms with Crippen molar-refractivity contribution in [1.82, 2.24) is 15.4 Å². The van der Waals surface area contributed by atoms with Gasteiger partial charge in [-0.15, -0.1) is 11.3 Å². The summed E-state index contributed by atoms with van der Waals surface area (Å²) in [4.78, 5) is 28.5. The Kier molecular flexibility index (Phi) is 3.45. The Labute approximate surface area is 130 Å². The van der Waals surface area contributed by atoms with Gasteiger partial charge in [-0.25, -0.2) is 4.98 Å². The van der Waals surface area contributed by atoms with E-state index in [4.69, 9.17) is 0 Å². The molecule has 0 unspecified atom stereocenters. The topological polar surface area (TPSA) is 86.1 Å². The third kappa shape index (κ3) is 2.25. The van der Waals surface area contributed by atoms with Gasteiger partial charge in [-0.2, -0.15) is 10.3 Å². The largest absolute Gasteiger partial charge is 0.294 e. The lowest BCUT2D eigenvalue weighted by molar-refractivity contribution is 0.0600. The predicted octanol–water partition coefficient (Wildman–Crippen LogP) is 2.12. The van der Waals surface area contributed by atoms with Crippen molar-refractivity contribution in [2.24, 2.45) is 0 Å². The Morgan fingerprint density at radius 3 is 2.45 bits per heavy atom. The summed E-state index contributed by atoms with van der Waals surface area (Å²) >= 11 is 1.32.